The van der Waals surface area contributed by atoms with Crippen molar-refractivity contribution in [3.05, 3.63) is 0 Å². The van der Waals surface area contributed by atoms with Crippen LogP contribution in [0.25, 0.3) is 0 Å². The highest BCUT2D eigenvalue weighted by atomic mass is 16.3. The minimum atomic E-state index is 0.171. The maximum atomic E-state index is 11.5. The average molecular weight is 226 g/mol. The number of hydrogen-bond donors (Lipinski definition) is 2. The molecule has 0 aromatic heterocycles. The first-order valence-electron chi connectivity index (χ1n) is 6.44. The third-order valence-corrected chi connectivity index (χ3v) is 3.83. The Balaban J connectivity index is 1.96. The maximum Gasteiger partial charge on any atom is 0.221 e. The summed E-state index contributed by atoms with van der Waals surface area (Å²) < 4.78 is 0. The van der Waals surface area contributed by atoms with Crippen molar-refractivity contribution in [3.63, 3.8) is 0 Å². The highest BCUT2D eigenvalue weighted by molar-refractivity contribution is 5.76. The van der Waals surface area contributed by atoms with Gasteiger partial charge in [0, 0.05) is 31.6 Å². The molecule has 1 aliphatic heterocycles. The van der Waals surface area contributed by atoms with Crippen molar-refractivity contribution >= 4 is 5.91 Å². The van der Waals surface area contributed by atoms with Gasteiger partial charge in [0.15, 0.2) is 0 Å². The molecule has 1 amide bonds. The van der Waals surface area contributed by atoms with E-state index in [-0.39, 0.29) is 12.5 Å². The Bertz CT molecular complexity index is 241. The number of carbonyl (C=O) groups excluding carboxylic acids is 1. The van der Waals surface area contributed by atoms with Gasteiger partial charge in [-0.1, -0.05) is 6.42 Å². The molecule has 4 heteroatoms. The Kier molecular flexibility index (Phi) is 4.18. The van der Waals surface area contributed by atoms with Crippen LogP contribution in [0.5, 0.6) is 0 Å². The SMILES string of the molecule is O=C1CC(N(CCO)C2CCC2)CCCN1. The van der Waals surface area contributed by atoms with Crippen molar-refractivity contribution in [2.45, 2.75) is 50.6 Å². The fourth-order valence-electron chi connectivity index (χ4n) is 2.73. The van der Waals surface area contributed by atoms with Crippen molar-refractivity contribution in [2.75, 3.05) is 19.7 Å². The van der Waals surface area contributed by atoms with Crippen LogP contribution in [0, 0.1) is 0 Å². The molecule has 0 aromatic rings. The second kappa shape index (κ2) is 5.64. The van der Waals surface area contributed by atoms with E-state index < -0.39 is 0 Å². The number of carbonyl (C=O) groups is 1. The molecule has 2 aliphatic rings. The van der Waals surface area contributed by atoms with Crippen molar-refractivity contribution < 1.29 is 9.90 Å². The van der Waals surface area contributed by atoms with E-state index in [1.165, 1.54) is 19.3 Å². The Hall–Kier alpha value is -0.610. The van der Waals surface area contributed by atoms with Gasteiger partial charge in [-0.15, -0.1) is 0 Å². The summed E-state index contributed by atoms with van der Waals surface area (Å²) in [6, 6.07) is 0.961. The van der Waals surface area contributed by atoms with Gasteiger partial charge in [0.2, 0.25) is 5.91 Å². The number of aliphatic hydroxyl groups excluding tert-OH is 1. The minimum Gasteiger partial charge on any atom is -0.395 e. The average Bonchev–Trinajstić information content (AvgIpc) is 2.39. The molecule has 1 unspecified atom stereocenters. The molecule has 1 aliphatic carbocycles. The molecule has 0 bridgehead atoms. The lowest BCUT2D eigenvalue weighted by atomic mass is 9.89. The van der Waals surface area contributed by atoms with Crippen LogP contribution >= 0.6 is 0 Å². The number of rotatable bonds is 4. The van der Waals surface area contributed by atoms with E-state index in [1.807, 2.05) is 0 Å². The number of nitrogens with one attached hydrogen (secondary N) is 1. The van der Waals surface area contributed by atoms with Crippen molar-refractivity contribution in [2.24, 2.45) is 0 Å². The Labute approximate surface area is 97.0 Å². The summed E-state index contributed by atoms with van der Waals surface area (Å²) in [5, 5.41) is 12.0. The molecule has 2 N–H and O–H groups in total. The highest BCUT2D eigenvalue weighted by Crippen LogP contribution is 2.28. The summed E-state index contributed by atoms with van der Waals surface area (Å²) in [5.74, 6) is 0.171. The van der Waals surface area contributed by atoms with Crippen LogP contribution in [-0.4, -0.2) is 47.7 Å². The summed E-state index contributed by atoms with van der Waals surface area (Å²) in [6.07, 6.45) is 6.51. The molecule has 0 aromatic carbocycles. The van der Waals surface area contributed by atoms with Crippen LogP contribution in [0.15, 0.2) is 0 Å². The molecule has 2 rings (SSSR count). The van der Waals surface area contributed by atoms with Gasteiger partial charge >= 0.3 is 0 Å². The summed E-state index contributed by atoms with van der Waals surface area (Å²) in [6.45, 7) is 1.74. The first-order valence-corrected chi connectivity index (χ1v) is 6.44. The molecule has 4 nitrogen and oxygen atoms in total. The molecule has 0 spiro atoms. The van der Waals surface area contributed by atoms with Gasteiger partial charge in [-0.05, 0) is 25.7 Å². The van der Waals surface area contributed by atoms with E-state index in [0.29, 0.717) is 18.5 Å². The van der Waals surface area contributed by atoms with Gasteiger partial charge in [-0.2, -0.15) is 0 Å². The quantitative estimate of drug-likeness (QED) is 0.734. The van der Waals surface area contributed by atoms with E-state index in [4.69, 9.17) is 5.11 Å². The fourth-order valence-corrected chi connectivity index (χ4v) is 2.73. The zero-order valence-electron chi connectivity index (χ0n) is 9.82. The van der Waals surface area contributed by atoms with Crippen LogP contribution in [-0.2, 0) is 4.79 Å². The predicted molar refractivity (Wildman–Crippen MR) is 62.1 cm³/mol. The second-order valence-corrected chi connectivity index (χ2v) is 4.90. The first kappa shape index (κ1) is 11.9. The Morgan fingerprint density at radius 1 is 1.25 bits per heavy atom. The summed E-state index contributed by atoms with van der Waals surface area (Å²) in [5.41, 5.74) is 0. The van der Waals surface area contributed by atoms with Gasteiger partial charge in [0.1, 0.15) is 0 Å². The maximum absolute atomic E-state index is 11.5. The van der Waals surface area contributed by atoms with E-state index >= 15 is 0 Å². The predicted octanol–water partition coefficient (Wildman–Crippen LogP) is 0.502. The topological polar surface area (TPSA) is 52.6 Å². The molecular formula is C12H22N2O2. The van der Waals surface area contributed by atoms with Crippen LogP contribution < -0.4 is 5.32 Å². The van der Waals surface area contributed by atoms with Crippen molar-refractivity contribution in [1.29, 1.82) is 0 Å². The van der Waals surface area contributed by atoms with E-state index in [0.717, 1.165) is 25.9 Å². The first-order chi connectivity index (χ1) is 7.81. The molecule has 92 valence electrons. The molecule has 1 saturated heterocycles. The van der Waals surface area contributed by atoms with Crippen LogP contribution in [0.3, 0.4) is 0 Å². The van der Waals surface area contributed by atoms with Gasteiger partial charge in [-0.25, -0.2) is 0 Å². The minimum absolute atomic E-state index is 0.171. The van der Waals surface area contributed by atoms with Gasteiger partial charge in [0.05, 0.1) is 6.61 Å². The largest absolute Gasteiger partial charge is 0.395 e. The Morgan fingerprint density at radius 3 is 2.62 bits per heavy atom. The molecule has 1 heterocycles. The number of aliphatic hydroxyl groups is 1. The van der Waals surface area contributed by atoms with Crippen molar-refractivity contribution in [3.8, 4) is 0 Å². The van der Waals surface area contributed by atoms with E-state index in [1.54, 1.807) is 0 Å². The molecular weight excluding hydrogens is 204 g/mol. The summed E-state index contributed by atoms with van der Waals surface area (Å²) >= 11 is 0. The summed E-state index contributed by atoms with van der Waals surface area (Å²) in [7, 11) is 0. The van der Waals surface area contributed by atoms with Crippen LogP contribution in [0.4, 0.5) is 0 Å². The van der Waals surface area contributed by atoms with Gasteiger partial charge in [0.25, 0.3) is 0 Å². The molecule has 2 fully saturated rings. The third kappa shape index (κ3) is 2.74. The lowest BCUT2D eigenvalue weighted by Crippen LogP contribution is -2.48. The number of hydrogen-bond acceptors (Lipinski definition) is 3. The van der Waals surface area contributed by atoms with E-state index in [2.05, 4.69) is 10.2 Å². The summed E-state index contributed by atoms with van der Waals surface area (Å²) in [4.78, 5) is 13.9. The lowest BCUT2D eigenvalue weighted by molar-refractivity contribution is -0.122. The number of amides is 1. The van der Waals surface area contributed by atoms with E-state index in [9.17, 15) is 4.79 Å². The van der Waals surface area contributed by atoms with Crippen molar-refractivity contribution in [1.82, 2.24) is 10.2 Å². The Morgan fingerprint density at radius 2 is 2.00 bits per heavy atom. The third-order valence-electron chi connectivity index (χ3n) is 3.83. The number of nitrogens with zero attached hydrogens (tertiary/aromatic N) is 1. The smallest absolute Gasteiger partial charge is 0.221 e. The van der Waals surface area contributed by atoms with Gasteiger partial charge in [-0.3, -0.25) is 9.69 Å². The standard InChI is InChI=1S/C12H22N2O2/c15-8-7-14(10-3-1-4-10)11-5-2-6-13-12(16)9-11/h10-11,15H,1-9H2,(H,13,16). The second-order valence-electron chi connectivity index (χ2n) is 4.90. The van der Waals surface area contributed by atoms with Crippen LogP contribution in [0.1, 0.15) is 38.5 Å². The fraction of sp³-hybridized carbons (Fsp3) is 0.917. The monoisotopic (exact) mass is 226 g/mol. The van der Waals surface area contributed by atoms with Gasteiger partial charge < -0.3 is 10.4 Å². The van der Waals surface area contributed by atoms with Crippen LogP contribution in [0.2, 0.25) is 0 Å². The molecule has 0 radical (unpaired) electrons. The lowest BCUT2D eigenvalue weighted by Gasteiger charge is -2.41. The zero-order chi connectivity index (χ0) is 11.4. The zero-order valence-corrected chi connectivity index (χ0v) is 9.82. The highest BCUT2D eigenvalue weighted by Gasteiger charge is 2.31. The normalized spacial score (nSPS) is 27.4. The molecule has 1 saturated carbocycles. The molecule has 1 atom stereocenters. The molecule has 16 heavy (non-hydrogen) atoms.